The van der Waals surface area contributed by atoms with Crippen molar-refractivity contribution in [3.05, 3.63) is 29.8 Å². The molecule has 0 aliphatic carbocycles. The van der Waals surface area contributed by atoms with Crippen LogP contribution in [0.1, 0.15) is 38.8 Å². The first-order chi connectivity index (χ1) is 9.52. The molecule has 20 heavy (non-hydrogen) atoms. The van der Waals surface area contributed by atoms with Crippen LogP contribution in [-0.2, 0) is 4.79 Å². The number of primary amides is 1. The maximum absolute atomic E-state index is 11.8. The average molecular weight is 276 g/mol. The third kappa shape index (κ3) is 3.12. The van der Waals surface area contributed by atoms with E-state index < -0.39 is 0 Å². The molecule has 4 nitrogen and oxygen atoms in total. The van der Waals surface area contributed by atoms with Gasteiger partial charge in [0.1, 0.15) is 5.75 Å². The monoisotopic (exact) mass is 276 g/mol. The van der Waals surface area contributed by atoms with Crippen LogP contribution in [0.2, 0.25) is 0 Å². The standard InChI is InChI=1S/C16H24N2O2/c1-4-20-13-7-5-6-12(9-13)15-14(16(17)19)10(2)8-11(3)18-15/h5-7,9-11,14-15,18H,4,8H2,1-3H3,(H2,17,19). The highest BCUT2D eigenvalue weighted by molar-refractivity contribution is 5.78. The molecule has 4 unspecified atom stereocenters. The number of nitrogens with one attached hydrogen (secondary N) is 1. The number of hydrogen-bond donors (Lipinski definition) is 2. The Balaban J connectivity index is 2.31. The Morgan fingerprint density at radius 1 is 1.45 bits per heavy atom. The molecular weight excluding hydrogens is 252 g/mol. The van der Waals surface area contributed by atoms with E-state index in [-0.39, 0.29) is 23.8 Å². The second-order valence-corrected chi connectivity index (χ2v) is 5.69. The van der Waals surface area contributed by atoms with Gasteiger partial charge in [-0.25, -0.2) is 0 Å². The highest BCUT2D eigenvalue weighted by Crippen LogP contribution is 2.36. The third-order valence-electron chi connectivity index (χ3n) is 4.02. The van der Waals surface area contributed by atoms with Crippen LogP contribution in [0.3, 0.4) is 0 Å². The van der Waals surface area contributed by atoms with Crippen LogP contribution in [0.15, 0.2) is 24.3 Å². The van der Waals surface area contributed by atoms with Gasteiger partial charge in [0, 0.05) is 12.1 Å². The zero-order valence-corrected chi connectivity index (χ0v) is 12.4. The van der Waals surface area contributed by atoms with Crippen LogP contribution in [0, 0.1) is 11.8 Å². The Morgan fingerprint density at radius 2 is 2.20 bits per heavy atom. The van der Waals surface area contributed by atoms with E-state index in [9.17, 15) is 4.79 Å². The molecule has 2 rings (SSSR count). The number of hydrogen-bond acceptors (Lipinski definition) is 3. The van der Waals surface area contributed by atoms with Crippen molar-refractivity contribution in [1.82, 2.24) is 5.32 Å². The molecule has 0 saturated carbocycles. The van der Waals surface area contributed by atoms with E-state index in [1.807, 2.05) is 31.2 Å². The molecule has 1 amide bonds. The molecule has 0 radical (unpaired) electrons. The minimum absolute atomic E-state index is 0.0355. The SMILES string of the molecule is CCOc1cccc(C2NC(C)CC(C)C2C(N)=O)c1. The van der Waals surface area contributed by atoms with Crippen LogP contribution in [-0.4, -0.2) is 18.6 Å². The number of nitrogens with two attached hydrogens (primary N) is 1. The average Bonchev–Trinajstić information content (AvgIpc) is 2.38. The van der Waals surface area contributed by atoms with Crippen molar-refractivity contribution in [3.8, 4) is 5.75 Å². The molecule has 1 aromatic rings. The first-order valence-corrected chi connectivity index (χ1v) is 7.31. The summed E-state index contributed by atoms with van der Waals surface area (Å²) in [5.41, 5.74) is 6.69. The van der Waals surface area contributed by atoms with Gasteiger partial charge in [0.05, 0.1) is 12.5 Å². The van der Waals surface area contributed by atoms with Gasteiger partial charge in [-0.1, -0.05) is 19.1 Å². The largest absolute Gasteiger partial charge is 0.494 e. The van der Waals surface area contributed by atoms with Gasteiger partial charge in [-0.2, -0.15) is 0 Å². The van der Waals surface area contributed by atoms with Crippen LogP contribution in [0.4, 0.5) is 0 Å². The number of amides is 1. The number of carbonyl (C=O) groups is 1. The molecule has 1 aliphatic heterocycles. The van der Waals surface area contributed by atoms with Gasteiger partial charge in [0.2, 0.25) is 5.91 Å². The molecule has 3 N–H and O–H groups in total. The molecule has 0 bridgehead atoms. The molecule has 0 spiro atoms. The first kappa shape index (κ1) is 14.9. The normalized spacial score (nSPS) is 29.9. The number of carbonyl (C=O) groups excluding carboxylic acids is 1. The zero-order valence-electron chi connectivity index (χ0n) is 12.4. The van der Waals surface area contributed by atoms with E-state index in [1.165, 1.54) is 0 Å². The Kier molecular flexibility index (Phi) is 4.65. The van der Waals surface area contributed by atoms with Gasteiger partial charge >= 0.3 is 0 Å². The van der Waals surface area contributed by atoms with Crippen molar-refractivity contribution >= 4 is 5.91 Å². The van der Waals surface area contributed by atoms with Gasteiger partial charge < -0.3 is 15.8 Å². The summed E-state index contributed by atoms with van der Waals surface area (Å²) >= 11 is 0. The fourth-order valence-corrected chi connectivity index (χ4v) is 3.22. The van der Waals surface area contributed by atoms with Crippen LogP contribution < -0.4 is 15.8 Å². The van der Waals surface area contributed by atoms with E-state index in [2.05, 4.69) is 19.2 Å². The van der Waals surface area contributed by atoms with Gasteiger partial charge in [-0.05, 0) is 43.9 Å². The highest BCUT2D eigenvalue weighted by Gasteiger charge is 2.38. The maximum atomic E-state index is 11.8. The number of rotatable bonds is 4. The minimum atomic E-state index is -0.233. The van der Waals surface area contributed by atoms with Crippen molar-refractivity contribution in [2.45, 2.75) is 39.3 Å². The topological polar surface area (TPSA) is 64.3 Å². The molecule has 1 fully saturated rings. The summed E-state index contributed by atoms with van der Waals surface area (Å²) in [7, 11) is 0. The van der Waals surface area contributed by atoms with Crippen molar-refractivity contribution in [2.75, 3.05) is 6.61 Å². The minimum Gasteiger partial charge on any atom is -0.494 e. The summed E-state index contributed by atoms with van der Waals surface area (Å²) < 4.78 is 5.54. The van der Waals surface area contributed by atoms with E-state index >= 15 is 0 Å². The first-order valence-electron chi connectivity index (χ1n) is 7.31. The summed E-state index contributed by atoms with van der Waals surface area (Å²) in [6, 6.07) is 8.27. The number of ether oxygens (including phenoxy) is 1. The van der Waals surface area contributed by atoms with E-state index in [0.29, 0.717) is 12.6 Å². The van der Waals surface area contributed by atoms with Crippen LogP contribution in [0.25, 0.3) is 0 Å². The summed E-state index contributed by atoms with van der Waals surface area (Å²) in [6.07, 6.45) is 0.968. The highest BCUT2D eigenvalue weighted by atomic mass is 16.5. The van der Waals surface area contributed by atoms with Gasteiger partial charge in [0.25, 0.3) is 0 Å². The summed E-state index contributed by atoms with van der Waals surface area (Å²) in [5, 5.41) is 3.51. The Morgan fingerprint density at radius 3 is 2.85 bits per heavy atom. The Hall–Kier alpha value is -1.55. The Bertz CT molecular complexity index is 475. The molecule has 1 heterocycles. The van der Waals surface area contributed by atoms with Gasteiger partial charge in [-0.3, -0.25) is 4.79 Å². The third-order valence-corrected chi connectivity index (χ3v) is 4.02. The van der Waals surface area contributed by atoms with Crippen molar-refractivity contribution in [1.29, 1.82) is 0 Å². The predicted octanol–water partition coefficient (Wildman–Crippen LogP) is 2.25. The lowest BCUT2D eigenvalue weighted by Crippen LogP contribution is -2.49. The Labute approximate surface area is 120 Å². The molecule has 1 aromatic carbocycles. The number of benzene rings is 1. The summed E-state index contributed by atoms with van der Waals surface area (Å²) in [4.78, 5) is 11.8. The lowest BCUT2D eigenvalue weighted by Gasteiger charge is -2.39. The quantitative estimate of drug-likeness (QED) is 0.886. The van der Waals surface area contributed by atoms with E-state index in [4.69, 9.17) is 10.5 Å². The second-order valence-electron chi connectivity index (χ2n) is 5.69. The smallest absolute Gasteiger partial charge is 0.222 e. The molecule has 1 saturated heterocycles. The van der Waals surface area contributed by atoms with Crippen molar-refractivity contribution in [3.63, 3.8) is 0 Å². The summed E-state index contributed by atoms with van der Waals surface area (Å²) in [6.45, 7) is 6.84. The van der Waals surface area contributed by atoms with E-state index in [1.54, 1.807) is 0 Å². The lowest BCUT2D eigenvalue weighted by molar-refractivity contribution is -0.125. The molecule has 110 valence electrons. The maximum Gasteiger partial charge on any atom is 0.222 e. The molecule has 0 aromatic heterocycles. The lowest BCUT2D eigenvalue weighted by atomic mass is 9.76. The van der Waals surface area contributed by atoms with Crippen molar-refractivity contribution < 1.29 is 9.53 Å². The fraction of sp³-hybridized carbons (Fsp3) is 0.562. The molecular formula is C16H24N2O2. The molecule has 4 heteroatoms. The zero-order chi connectivity index (χ0) is 14.7. The predicted molar refractivity (Wildman–Crippen MR) is 79.4 cm³/mol. The van der Waals surface area contributed by atoms with Crippen LogP contribution >= 0.6 is 0 Å². The van der Waals surface area contributed by atoms with Crippen LogP contribution in [0.5, 0.6) is 5.75 Å². The molecule has 1 aliphatic rings. The number of piperidine rings is 1. The summed E-state index contributed by atoms with van der Waals surface area (Å²) in [5.74, 6) is 0.706. The fourth-order valence-electron chi connectivity index (χ4n) is 3.22. The molecule has 4 atom stereocenters. The second kappa shape index (κ2) is 6.27. The van der Waals surface area contributed by atoms with Gasteiger partial charge in [0.15, 0.2) is 0 Å². The van der Waals surface area contributed by atoms with Gasteiger partial charge in [-0.15, -0.1) is 0 Å². The van der Waals surface area contributed by atoms with Crippen molar-refractivity contribution in [2.24, 2.45) is 17.6 Å². The van der Waals surface area contributed by atoms with E-state index in [0.717, 1.165) is 17.7 Å².